The Labute approximate surface area is 141 Å². The molecule has 0 aromatic rings. The van der Waals surface area contributed by atoms with Gasteiger partial charge in [-0.25, -0.2) is 9.59 Å². The van der Waals surface area contributed by atoms with E-state index in [4.69, 9.17) is 0 Å². The summed E-state index contributed by atoms with van der Waals surface area (Å²) < 4.78 is 9.11. The van der Waals surface area contributed by atoms with Crippen molar-refractivity contribution in [3.63, 3.8) is 0 Å². The van der Waals surface area contributed by atoms with Crippen molar-refractivity contribution in [3.05, 3.63) is 0 Å². The van der Waals surface area contributed by atoms with E-state index in [9.17, 15) is 19.2 Å². The standard InChI is InChI=1S/C15H25N3O6/c1-23-13(20)7-6-11(14(21)24-2)17-15(22)16-8-4-10-18-9-3-5-12(18)19/h11H,3-10H2,1-2H3,(H2,16,17,22). The number of ether oxygens (including phenoxy) is 2. The fourth-order valence-corrected chi connectivity index (χ4v) is 2.38. The van der Waals surface area contributed by atoms with Crippen LogP contribution in [0.15, 0.2) is 0 Å². The number of rotatable bonds is 9. The van der Waals surface area contributed by atoms with Crippen molar-refractivity contribution in [3.8, 4) is 0 Å². The van der Waals surface area contributed by atoms with Crippen LogP contribution in [0.4, 0.5) is 4.79 Å². The van der Waals surface area contributed by atoms with E-state index in [1.807, 2.05) is 0 Å². The zero-order valence-electron chi connectivity index (χ0n) is 14.1. The van der Waals surface area contributed by atoms with Gasteiger partial charge in [0.15, 0.2) is 0 Å². The van der Waals surface area contributed by atoms with E-state index in [-0.39, 0.29) is 18.7 Å². The third-order valence-electron chi connectivity index (χ3n) is 3.72. The van der Waals surface area contributed by atoms with E-state index in [0.717, 1.165) is 13.0 Å². The second kappa shape index (κ2) is 10.5. The molecule has 0 saturated carbocycles. The molecule has 9 heteroatoms. The third kappa shape index (κ3) is 6.84. The minimum Gasteiger partial charge on any atom is -0.469 e. The van der Waals surface area contributed by atoms with Gasteiger partial charge in [-0.2, -0.15) is 0 Å². The molecule has 136 valence electrons. The maximum Gasteiger partial charge on any atom is 0.328 e. The molecule has 1 atom stereocenters. The van der Waals surface area contributed by atoms with Gasteiger partial charge in [0.1, 0.15) is 6.04 Å². The van der Waals surface area contributed by atoms with E-state index in [2.05, 4.69) is 20.1 Å². The molecule has 24 heavy (non-hydrogen) atoms. The Kier molecular flexibility index (Phi) is 8.59. The number of likely N-dealkylation sites (tertiary alicyclic amines) is 1. The molecule has 3 amide bonds. The average Bonchev–Trinajstić information content (AvgIpc) is 2.99. The molecule has 1 aliphatic rings. The quantitative estimate of drug-likeness (QED) is 0.442. The first-order valence-corrected chi connectivity index (χ1v) is 7.94. The summed E-state index contributed by atoms with van der Waals surface area (Å²) in [5.74, 6) is -0.953. The van der Waals surface area contributed by atoms with Gasteiger partial charge in [-0.3, -0.25) is 9.59 Å². The first-order valence-electron chi connectivity index (χ1n) is 7.94. The van der Waals surface area contributed by atoms with Crippen LogP contribution in [0.3, 0.4) is 0 Å². The summed E-state index contributed by atoms with van der Waals surface area (Å²) >= 11 is 0. The van der Waals surface area contributed by atoms with Crippen molar-refractivity contribution in [1.82, 2.24) is 15.5 Å². The third-order valence-corrected chi connectivity index (χ3v) is 3.72. The number of amides is 3. The van der Waals surface area contributed by atoms with Gasteiger partial charge >= 0.3 is 18.0 Å². The van der Waals surface area contributed by atoms with Gasteiger partial charge in [-0.15, -0.1) is 0 Å². The van der Waals surface area contributed by atoms with Gasteiger partial charge in [0.05, 0.1) is 14.2 Å². The highest BCUT2D eigenvalue weighted by atomic mass is 16.5. The largest absolute Gasteiger partial charge is 0.469 e. The second-order valence-electron chi connectivity index (χ2n) is 5.43. The molecule has 1 saturated heterocycles. The molecule has 1 unspecified atom stereocenters. The number of urea groups is 1. The lowest BCUT2D eigenvalue weighted by molar-refractivity contribution is -0.144. The Hall–Kier alpha value is -2.32. The molecule has 2 N–H and O–H groups in total. The highest BCUT2D eigenvalue weighted by Crippen LogP contribution is 2.09. The maximum atomic E-state index is 11.8. The molecule has 0 bridgehead atoms. The lowest BCUT2D eigenvalue weighted by atomic mass is 10.1. The Morgan fingerprint density at radius 2 is 2.00 bits per heavy atom. The van der Waals surface area contributed by atoms with Crippen LogP contribution in [0.1, 0.15) is 32.1 Å². The minimum absolute atomic E-state index is 0.00633. The number of carbonyl (C=O) groups excluding carboxylic acids is 4. The molecular formula is C15H25N3O6. The van der Waals surface area contributed by atoms with Crippen molar-refractivity contribution in [1.29, 1.82) is 0 Å². The average molecular weight is 343 g/mol. The summed E-state index contributed by atoms with van der Waals surface area (Å²) in [6.07, 6.45) is 2.19. The second-order valence-corrected chi connectivity index (χ2v) is 5.43. The van der Waals surface area contributed by atoms with Crippen LogP contribution >= 0.6 is 0 Å². The van der Waals surface area contributed by atoms with Gasteiger partial charge < -0.3 is 25.0 Å². The van der Waals surface area contributed by atoms with Gasteiger partial charge in [-0.1, -0.05) is 0 Å². The topological polar surface area (TPSA) is 114 Å². The lowest BCUT2D eigenvalue weighted by Crippen LogP contribution is -2.47. The van der Waals surface area contributed by atoms with E-state index < -0.39 is 24.0 Å². The molecule has 0 aromatic heterocycles. The SMILES string of the molecule is COC(=O)CCC(NC(=O)NCCCN1CCCC1=O)C(=O)OC. The number of methoxy groups -OCH3 is 2. The van der Waals surface area contributed by atoms with Gasteiger partial charge in [-0.05, 0) is 19.3 Å². The van der Waals surface area contributed by atoms with Gasteiger partial charge in [0.2, 0.25) is 5.91 Å². The Morgan fingerprint density at radius 1 is 1.25 bits per heavy atom. The Bertz CT molecular complexity index is 468. The smallest absolute Gasteiger partial charge is 0.328 e. The summed E-state index contributed by atoms with van der Waals surface area (Å²) in [6.45, 7) is 1.74. The number of nitrogens with one attached hydrogen (secondary N) is 2. The number of esters is 2. The van der Waals surface area contributed by atoms with Crippen molar-refractivity contribution < 1.29 is 28.7 Å². The van der Waals surface area contributed by atoms with Crippen LogP contribution in [0.5, 0.6) is 0 Å². The van der Waals surface area contributed by atoms with Gasteiger partial charge in [0, 0.05) is 32.5 Å². The van der Waals surface area contributed by atoms with Crippen LogP contribution < -0.4 is 10.6 Å². The predicted octanol–water partition coefficient (Wildman–Crippen LogP) is -0.207. The molecule has 0 aliphatic carbocycles. The highest BCUT2D eigenvalue weighted by molar-refractivity contribution is 5.84. The minimum atomic E-state index is -0.922. The molecule has 1 rings (SSSR count). The monoisotopic (exact) mass is 343 g/mol. The van der Waals surface area contributed by atoms with Crippen molar-refractivity contribution in [2.45, 2.75) is 38.1 Å². The maximum absolute atomic E-state index is 11.8. The summed E-state index contributed by atoms with van der Waals surface area (Å²) in [5.41, 5.74) is 0. The van der Waals surface area contributed by atoms with E-state index in [1.54, 1.807) is 4.90 Å². The number of carbonyl (C=O) groups is 4. The van der Waals surface area contributed by atoms with E-state index in [0.29, 0.717) is 25.9 Å². The van der Waals surface area contributed by atoms with Gasteiger partial charge in [0.25, 0.3) is 0 Å². The zero-order valence-corrected chi connectivity index (χ0v) is 14.1. The molecule has 1 fully saturated rings. The molecule has 0 spiro atoms. The lowest BCUT2D eigenvalue weighted by Gasteiger charge is -2.18. The molecule has 0 radical (unpaired) electrons. The fraction of sp³-hybridized carbons (Fsp3) is 0.733. The number of hydrogen-bond acceptors (Lipinski definition) is 6. The van der Waals surface area contributed by atoms with Crippen LogP contribution in [-0.4, -0.2) is 68.7 Å². The summed E-state index contributed by atoms with van der Waals surface area (Å²) in [4.78, 5) is 47.8. The fourth-order valence-electron chi connectivity index (χ4n) is 2.38. The first-order chi connectivity index (χ1) is 11.5. The molecule has 1 heterocycles. The van der Waals surface area contributed by atoms with Crippen LogP contribution in [-0.2, 0) is 23.9 Å². The first kappa shape index (κ1) is 19.7. The molecule has 9 nitrogen and oxygen atoms in total. The van der Waals surface area contributed by atoms with Crippen LogP contribution in [0.25, 0.3) is 0 Å². The van der Waals surface area contributed by atoms with Crippen molar-refractivity contribution in [2.75, 3.05) is 33.9 Å². The summed E-state index contributed by atoms with van der Waals surface area (Å²) in [5, 5.41) is 5.09. The van der Waals surface area contributed by atoms with E-state index >= 15 is 0 Å². The van der Waals surface area contributed by atoms with Crippen molar-refractivity contribution >= 4 is 23.9 Å². The Morgan fingerprint density at radius 3 is 2.58 bits per heavy atom. The summed E-state index contributed by atoms with van der Waals surface area (Å²) in [6, 6.07) is -1.45. The number of nitrogens with zero attached hydrogens (tertiary/aromatic N) is 1. The molecule has 1 aliphatic heterocycles. The van der Waals surface area contributed by atoms with Crippen LogP contribution in [0.2, 0.25) is 0 Å². The molecule has 0 aromatic carbocycles. The predicted molar refractivity (Wildman–Crippen MR) is 84.0 cm³/mol. The highest BCUT2D eigenvalue weighted by Gasteiger charge is 2.23. The normalized spacial score (nSPS) is 14.9. The molecular weight excluding hydrogens is 318 g/mol. The van der Waals surface area contributed by atoms with Crippen molar-refractivity contribution in [2.24, 2.45) is 0 Å². The summed E-state index contributed by atoms with van der Waals surface area (Å²) in [7, 11) is 2.46. The Balaban J connectivity index is 2.28. The van der Waals surface area contributed by atoms with Crippen LogP contribution in [0, 0.1) is 0 Å². The zero-order chi connectivity index (χ0) is 17.9. The van der Waals surface area contributed by atoms with E-state index in [1.165, 1.54) is 14.2 Å². The number of hydrogen-bond donors (Lipinski definition) is 2.